The van der Waals surface area contributed by atoms with Gasteiger partial charge in [-0.1, -0.05) is 0 Å². The molecule has 0 spiro atoms. The van der Waals surface area contributed by atoms with Crippen LogP contribution in [0.25, 0.3) is 0 Å². The van der Waals surface area contributed by atoms with E-state index in [1.54, 1.807) is 27.7 Å². The molecule has 2 aliphatic rings. The Balaban J connectivity index is 1.62. The average molecular weight is 376 g/mol. The molecule has 0 bridgehead atoms. The lowest BCUT2D eigenvalue weighted by atomic mass is 10.1. The number of ether oxygens (including phenoxy) is 2. The number of nitrogens with zero attached hydrogens (tertiary/aromatic N) is 4. The zero-order valence-corrected chi connectivity index (χ0v) is 15.4. The second-order valence-corrected chi connectivity index (χ2v) is 6.31. The molecular weight excluding hydrogens is 352 g/mol. The molecule has 0 unspecified atom stereocenters. The Morgan fingerprint density at radius 3 is 2.30 bits per heavy atom. The molecule has 146 valence electrons. The second-order valence-electron chi connectivity index (χ2n) is 6.31. The predicted octanol–water partition coefficient (Wildman–Crippen LogP) is 0.468. The normalized spacial score (nSPS) is 17.6. The van der Waals surface area contributed by atoms with Gasteiger partial charge >= 0.3 is 6.09 Å². The number of morpholine rings is 1. The molecule has 27 heavy (non-hydrogen) atoms. The fraction of sp³-hybridized carbons (Fsp3) is 0.556. The van der Waals surface area contributed by atoms with Crippen LogP contribution in [0.4, 0.5) is 4.79 Å². The highest BCUT2D eigenvalue weighted by molar-refractivity contribution is 5.98. The molecule has 0 aromatic carbocycles. The molecule has 0 N–H and O–H groups in total. The standard InChI is InChI=1S/C18H24N4O5/c1-2-27-18(25)22-7-5-20(6-8-22)16(23)14-3-4-19-15(13-14)17(24)21-9-11-26-12-10-21/h3-4,13H,2,5-12H2,1H3. The maximum Gasteiger partial charge on any atom is 0.409 e. The third-order valence-corrected chi connectivity index (χ3v) is 4.62. The van der Waals surface area contributed by atoms with Crippen molar-refractivity contribution < 1.29 is 23.9 Å². The first kappa shape index (κ1) is 19.1. The maximum atomic E-state index is 12.8. The Labute approximate surface area is 157 Å². The Morgan fingerprint density at radius 1 is 1.00 bits per heavy atom. The van der Waals surface area contributed by atoms with Crippen LogP contribution in [0.3, 0.4) is 0 Å². The maximum absolute atomic E-state index is 12.8. The highest BCUT2D eigenvalue weighted by Crippen LogP contribution is 2.12. The highest BCUT2D eigenvalue weighted by atomic mass is 16.6. The molecule has 2 saturated heterocycles. The first-order valence-electron chi connectivity index (χ1n) is 9.14. The molecule has 2 aliphatic heterocycles. The topological polar surface area (TPSA) is 92.3 Å². The van der Waals surface area contributed by atoms with Gasteiger partial charge in [0.15, 0.2) is 0 Å². The van der Waals surface area contributed by atoms with E-state index in [2.05, 4.69) is 4.98 Å². The van der Waals surface area contributed by atoms with E-state index in [0.29, 0.717) is 64.7 Å². The van der Waals surface area contributed by atoms with Gasteiger partial charge in [0.25, 0.3) is 11.8 Å². The van der Waals surface area contributed by atoms with E-state index in [-0.39, 0.29) is 23.6 Å². The van der Waals surface area contributed by atoms with E-state index in [4.69, 9.17) is 9.47 Å². The molecule has 3 amide bonds. The minimum Gasteiger partial charge on any atom is -0.450 e. The fourth-order valence-electron chi connectivity index (χ4n) is 3.10. The van der Waals surface area contributed by atoms with Gasteiger partial charge < -0.3 is 24.2 Å². The SMILES string of the molecule is CCOC(=O)N1CCN(C(=O)c2ccnc(C(=O)N3CCOCC3)c2)CC1. The van der Waals surface area contributed by atoms with Gasteiger partial charge in [-0.25, -0.2) is 4.79 Å². The van der Waals surface area contributed by atoms with Crippen LogP contribution in [0.5, 0.6) is 0 Å². The molecular formula is C18H24N4O5. The van der Waals surface area contributed by atoms with Gasteiger partial charge in [0, 0.05) is 51.0 Å². The number of amides is 3. The molecule has 3 heterocycles. The second kappa shape index (κ2) is 8.81. The summed E-state index contributed by atoms with van der Waals surface area (Å²) < 4.78 is 10.2. The van der Waals surface area contributed by atoms with E-state index in [1.165, 1.54) is 12.3 Å². The number of hydrogen-bond acceptors (Lipinski definition) is 6. The number of pyridine rings is 1. The summed E-state index contributed by atoms with van der Waals surface area (Å²) in [7, 11) is 0. The van der Waals surface area contributed by atoms with Crippen molar-refractivity contribution in [2.45, 2.75) is 6.92 Å². The van der Waals surface area contributed by atoms with Crippen LogP contribution in [0.15, 0.2) is 18.3 Å². The summed E-state index contributed by atoms with van der Waals surface area (Å²) in [5, 5.41) is 0. The lowest BCUT2D eigenvalue weighted by molar-refractivity contribution is 0.0299. The summed E-state index contributed by atoms with van der Waals surface area (Å²) in [5.41, 5.74) is 0.680. The molecule has 0 atom stereocenters. The van der Waals surface area contributed by atoms with Gasteiger partial charge in [-0.05, 0) is 19.1 Å². The quantitative estimate of drug-likeness (QED) is 0.761. The lowest BCUT2D eigenvalue weighted by Gasteiger charge is -2.34. The van der Waals surface area contributed by atoms with Gasteiger partial charge in [0.2, 0.25) is 0 Å². The fourth-order valence-corrected chi connectivity index (χ4v) is 3.10. The number of aromatic nitrogens is 1. The molecule has 9 heteroatoms. The Morgan fingerprint density at radius 2 is 1.63 bits per heavy atom. The van der Waals surface area contributed by atoms with Crippen LogP contribution < -0.4 is 0 Å². The summed E-state index contributed by atoms with van der Waals surface area (Å²) in [6, 6.07) is 3.15. The van der Waals surface area contributed by atoms with Crippen molar-refractivity contribution in [3.63, 3.8) is 0 Å². The van der Waals surface area contributed by atoms with Crippen molar-refractivity contribution in [1.29, 1.82) is 0 Å². The third kappa shape index (κ3) is 4.54. The van der Waals surface area contributed by atoms with Crippen LogP contribution in [-0.2, 0) is 9.47 Å². The van der Waals surface area contributed by atoms with E-state index in [0.717, 1.165) is 0 Å². The van der Waals surface area contributed by atoms with E-state index in [1.807, 2.05) is 0 Å². The zero-order chi connectivity index (χ0) is 19.2. The highest BCUT2D eigenvalue weighted by Gasteiger charge is 2.26. The van der Waals surface area contributed by atoms with Crippen LogP contribution in [0.2, 0.25) is 0 Å². The Bertz CT molecular complexity index is 697. The van der Waals surface area contributed by atoms with Gasteiger partial charge in [0.05, 0.1) is 19.8 Å². The average Bonchev–Trinajstić information content (AvgIpc) is 2.73. The minimum absolute atomic E-state index is 0.170. The molecule has 0 aliphatic carbocycles. The zero-order valence-electron chi connectivity index (χ0n) is 15.4. The molecule has 0 saturated carbocycles. The summed E-state index contributed by atoms with van der Waals surface area (Å²) in [5.74, 6) is -0.364. The van der Waals surface area contributed by atoms with E-state index >= 15 is 0 Å². The van der Waals surface area contributed by atoms with Crippen LogP contribution in [0.1, 0.15) is 27.8 Å². The third-order valence-electron chi connectivity index (χ3n) is 4.62. The summed E-state index contributed by atoms with van der Waals surface area (Å²) in [6.07, 6.45) is 1.13. The number of rotatable bonds is 3. The lowest BCUT2D eigenvalue weighted by Crippen LogP contribution is -2.50. The van der Waals surface area contributed by atoms with Crippen LogP contribution in [0, 0.1) is 0 Å². The predicted molar refractivity (Wildman–Crippen MR) is 95.5 cm³/mol. The van der Waals surface area contributed by atoms with E-state index < -0.39 is 0 Å². The summed E-state index contributed by atoms with van der Waals surface area (Å²) >= 11 is 0. The summed E-state index contributed by atoms with van der Waals surface area (Å²) in [4.78, 5) is 46.2. The molecule has 2 fully saturated rings. The van der Waals surface area contributed by atoms with Crippen LogP contribution in [-0.4, -0.2) is 96.7 Å². The number of piperazine rings is 1. The van der Waals surface area contributed by atoms with E-state index in [9.17, 15) is 14.4 Å². The first-order chi connectivity index (χ1) is 13.1. The van der Waals surface area contributed by atoms with Gasteiger partial charge in [-0.15, -0.1) is 0 Å². The smallest absolute Gasteiger partial charge is 0.409 e. The van der Waals surface area contributed by atoms with Crippen LogP contribution >= 0.6 is 0 Å². The first-order valence-corrected chi connectivity index (χ1v) is 9.14. The van der Waals surface area contributed by atoms with Crippen molar-refractivity contribution in [2.24, 2.45) is 0 Å². The number of carbonyl (C=O) groups excluding carboxylic acids is 3. The molecule has 0 radical (unpaired) electrons. The monoisotopic (exact) mass is 376 g/mol. The minimum atomic E-state index is -0.355. The number of carbonyl (C=O) groups is 3. The van der Waals surface area contributed by atoms with Crippen molar-refractivity contribution >= 4 is 17.9 Å². The molecule has 1 aromatic heterocycles. The van der Waals surface area contributed by atoms with Crippen molar-refractivity contribution in [2.75, 3.05) is 59.1 Å². The molecule has 9 nitrogen and oxygen atoms in total. The molecule has 1 aromatic rings. The largest absolute Gasteiger partial charge is 0.450 e. The Kier molecular flexibility index (Phi) is 6.23. The van der Waals surface area contributed by atoms with Gasteiger partial charge in [-0.3, -0.25) is 14.6 Å². The number of hydrogen-bond donors (Lipinski definition) is 0. The Hall–Kier alpha value is -2.68. The van der Waals surface area contributed by atoms with Gasteiger partial charge in [0.1, 0.15) is 5.69 Å². The van der Waals surface area contributed by atoms with Crippen molar-refractivity contribution in [3.05, 3.63) is 29.6 Å². The summed E-state index contributed by atoms with van der Waals surface area (Å²) in [6.45, 7) is 5.85. The van der Waals surface area contributed by atoms with Gasteiger partial charge in [-0.2, -0.15) is 0 Å². The van der Waals surface area contributed by atoms with Crippen molar-refractivity contribution in [3.8, 4) is 0 Å². The van der Waals surface area contributed by atoms with Crippen molar-refractivity contribution in [1.82, 2.24) is 19.7 Å². The molecule has 3 rings (SSSR count).